The smallest absolute Gasteiger partial charge is 0.407 e. The molecular formula is C21H33N3O5S. The van der Waals surface area contributed by atoms with E-state index in [0.29, 0.717) is 44.8 Å². The van der Waals surface area contributed by atoms with Crippen LogP contribution in [0.3, 0.4) is 0 Å². The Morgan fingerprint density at radius 1 is 1.17 bits per heavy atom. The third-order valence-electron chi connectivity index (χ3n) is 5.08. The molecule has 0 radical (unpaired) electrons. The molecule has 1 atom stereocenters. The second kappa shape index (κ2) is 11.3. The average molecular weight is 440 g/mol. The first-order chi connectivity index (χ1) is 14.2. The summed E-state index contributed by atoms with van der Waals surface area (Å²) in [6, 6.07) is 8.13. The molecule has 30 heavy (non-hydrogen) atoms. The molecule has 2 N–H and O–H groups in total. The van der Waals surface area contributed by atoms with Gasteiger partial charge in [0, 0.05) is 31.6 Å². The summed E-state index contributed by atoms with van der Waals surface area (Å²) in [5.74, 6) is 0.000881. The fraction of sp³-hybridized carbons (Fsp3) is 0.619. The van der Waals surface area contributed by atoms with Gasteiger partial charge >= 0.3 is 6.09 Å². The molecule has 0 saturated carbocycles. The number of carbonyl (C=O) groups excluding carboxylic acids is 2. The molecule has 1 saturated heterocycles. The third-order valence-corrected chi connectivity index (χ3v) is 6.99. The van der Waals surface area contributed by atoms with Crippen molar-refractivity contribution in [2.24, 2.45) is 11.8 Å². The van der Waals surface area contributed by atoms with E-state index in [9.17, 15) is 18.0 Å². The second-order valence-corrected chi connectivity index (χ2v) is 9.87. The van der Waals surface area contributed by atoms with Gasteiger partial charge in [-0.1, -0.05) is 32.0 Å². The summed E-state index contributed by atoms with van der Waals surface area (Å²) in [7, 11) is -3.53. The van der Waals surface area contributed by atoms with E-state index >= 15 is 0 Å². The zero-order valence-corrected chi connectivity index (χ0v) is 18.8. The number of ether oxygens (including phenoxy) is 1. The Labute approximate surface area is 179 Å². The molecule has 168 valence electrons. The Balaban J connectivity index is 1.86. The lowest BCUT2D eigenvalue weighted by molar-refractivity contribution is -0.126. The highest BCUT2D eigenvalue weighted by Gasteiger charge is 2.32. The van der Waals surface area contributed by atoms with E-state index in [1.165, 1.54) is 4.31 Å². The Morgan fingerprint density at radius 2 is 1.80 bits per heavy atom. The number of piperidine rings is 1. The molecule has 1 aliphatic heterocycles. The number of rotatable bonds is 9. The van der Waals surface area contributed by atoms with Gasteiger partial charge in [0.15, 0.2) is 0 Å². The lowest BCUT2D eigenvalue weighted by atomic mass is 9.97. The quantitative estimate of drug-likeness (QED) is 0.615. The van der Waals surface area contributed by atoms with Crippen molar-refractivity contribution >= 4 is 22.0 Å². The topological polar surface area (TPSA) is 105 Å². The summed E-state index contributed by atoms with van der Waals surface area (Å²) >= 11 is 0. The predicted octanol–water partition coefficient (Wildman–Crippen LogP) is 2.36. The number of benzene rings is 1. The van der Waals surface area contributed by atoms with E-state index < -0.39 is 16.1 Å². The maximum Gasteiger partial charge on any atom is 0.407 e. The molecule has 1 fully saturated rings. The van der Waals surface area contributed by atoms with Crippen LogP contribution in [0.15, 0.2) is 35.2 Å². The number of amides is 2. The lowest BCUT2D eigenvalue weighted by Crippen LogP contribution is -2.47. The van der Waals surface area contributed by atoms with Crippen LogP contribution in [0.1, 0.15) is 40.0 Å². The molecule has 1 aromatic carbocycles. The van der Waals surface area contributed by atoms with Crippen molar-refractivity contribution in [1.82, 2.24) is 14.9 Å². The van der Waals surface area contributed by atoms with Crippen LogP contribution < -0.4 is 10.6 Å². The van der Waals surface area contributed by atoms with Crippen LogP contribution in [0.4, 0.5) is 4.79 Å². The van der Waals surface area contributed by atoms with Crippen molar-refractivity contribution in [2.75, 3.05) is 26.2 Å². The summed E-state index contributed by atoms with van der Waals surface area (Å²) in [6.07, 6.45) is 1.17. The van der Waals surface area contributed by atoms with Crippen LogP contribution in [0.5, 0.6) is 0 Å². The normalized spacial score (nSPS) is 16.8. The van der Waals surface area contributed by atoms with Gasteiger partial charge in [0.1, 0.15) is 0 Å². The largest absolute Gasteiger partial charge is 0.450 e. The standard InChI is InChI=1S/C21H33N3O5S/c1-4-29-21(26)23-18(14-16(2)3)15-22-20(25)17-10-12-24(13-11-17)30(27,28)19-8-6-5-7-9-19/h5-9,16-18H,4,10-15H2,1-3H3,(H,22,25)(H,23,26). The maximum atomic E-state index is 12.7. The van der Waals surface area contributed by atoms with Crippen LogP contribution in [0.2, 0.25) is 0 Å². The number of hydrogen-bond acceptors (Lipinski definition) is 5. The molecule has 0 spiro atoms. The highest BCUT2D eigenvalue weighted by molar-refractivity contribution is 7.89. The van der Waals surface area contributed by atoms with Crippen LogP contribution >= 0.6 is 0 Å². The van der Waals surface area contributed by atoms with Gasteiger partial charge in [-0.25, -0.2) is 13.2 Å². The van der Waals surface area contributed by atoms with Crippen molar-refractivity contribution in [3.8, 4) is 0 Å². The van der Waals surface area contributed by atoms with Gasteiger partial charge in [0.25, 0.3) is 0 Å². The average Bonchev–Trinajstić information content (AvgIpc) is 2.72. The van der Waals surface area contributed by atoms with Gasteiger partial charge in [0.05, 0.1) is 11.5 Å². The molecule has 9 heteroatoms. The Hall–Kier alpha value is -2.13. The van der Waals surface area contributed by atoms with E-state index in [2.05, 4.69) is 10.6 Å². The van der Waals surface area contributed by atoms with Crippen LogP contribution in [0.25, 0.3) is 0 Å². The number of hydrogen-bond donors (Lipinski definition) is 2. The molecule has 1 heterocycles. The van der Waals surface area contributed by atoms with Crippen molar-refractivity contribution in [3.05, 3.63) is 30.3 Å². The summed E-state index contributed by atoms with van der Waals surface area (Å²) < 4.78 is 31.8. The molecule has 2 rings (SSSR count). The SMILES string of the molecule is CCOC(=O)NC(CNC(=O)C1CCN(S(=O)(=O)c2ccccc2)CC1)CC(C)C. The van der Waals surface area contributed by atoms with Crippen molar-refractivity contribution < 1.29 is 22.7 Å². The third kappa shape index (κ3) is 6.98. The Bertz CT molecular complexity index is 790. The number of nitrogens with one attached hydrogen (secondary N) is 2. The van der Waals surface area contributed by atoms with Gasteiger partial charge < -0.3 is 15.4 Å². The predicted molar refractivity (Wildman–Crippen MR) is 114 cm³/mol. The molecule has 0 bridgehead atoms. The number of nitrogens with zero attached hydrogens (tertiary/aromatic N) is 1. The van der Waals surface area contributed by atoms with E-state index in [4.69, 9.17) is 4.74 Å². The highest BCUT2D eigenvalue weighted by Crippen LogP contribution is 2.23. The first-order valence-corrected chi connectivity index (χ1v) is 11.9. The van der Waals surface area contributed by atoms with E-state index in [1.54, 1.807) is 37.3 Å². The van der Waals surface area contributed by atoms with E-state index in [1.807, 2.05) is 13.8 Å². The zero-order valence-electron chi connectivity index (χ0n) is 18.0. The van der Waals surface area contributed by atoms with Gasteiger partial charge in [0.2, 0.25) is 15.9 Å². The number of sulfonamides is 1. The van der Waals surface area contributed by atoms with E-state index in [0.717, 1.165) is 0 Å². The van der Waals surface area contributed by atoms with Crippen molar-refractivity contribution in [1.29, 1.82) is 0 Å². The Kier molecular flexibility index (Phi) is 9.10. The second-order valence-electron chi connectivity index (χ2n) is 7.93. The molecule has 0 aromatic heterocycles. The minimum Gasteiger partial charge on any atom is -0.450 e. The summed E-state index contributed by atoms with van der Waals surface area (Å²) in [6.45, 7) is 7.06. The molecule has 2 amide bonds. The number of carbonyl (C=O) groups is 2. The van der Waals surface area contributed by atoms with Crippen LogP contribution in [0, 0.1) is 11.8 Å². The number of alkyl carbamates (subject to hydrolysis) is 1. The van der Waals surface area contributed by atoms with Crippen LogP contribution in [-0.4, -0.2) is 57.0 Å². The fourth-order valence-corrected chi connectivity index (χ4v) is 5.06. The molecule has 1 unspecified atom stereocenters. The van der Waals surface area contributed by atoms with Gasteiger partial charge in [-0.15, -0.1) is 0 Å². The minimum atomic E-state index is -3.53. The lowest BCUT2D eigenvalue weighted by Gasteiger charge is -2.31. The minimum absolute atomic E-state index is 0.105. The van der Waals surface area contributed by atoms with Crippen LogP contribution in [-0.2, 0) is 19.6 Å². The first kappa shape index (κ1) is 24.1. The zero-order chi connectivity index (χ0) is 22.1. The molecule has 8 nitrogen and oxygen atoms in total. The Morgan fingerprint density at radius 3 is 2.37 bits per heavy atom. The molecule has 1 aliphatic rings. The van der Waals surface area contributed by atoms with Gasteiger partial charge in [-0.2, -0.15) is 4.31 Å². The molecule has 0 aliphatic carbocycles. The first-order valence-electron chi connectivity index (χ1n) is 10.5. The monoisotopic (exact) mass is 439 g/mol. The van der Waals surface area contributed by atoms with E-state index in [-0.39, 0.29) is 29.4 Å². The molecule has 1 aromatic rings. The highest BCUT2D eigenvalue weighted by atomic mass is 32.2. The van der Waals surface area contributed by atoms with Crippen molar-refractivity contribution in [2.45, 2.75) is 51.0 Å². The fourth-order valence-electron chi connectivity index (χ4n) is 3.57. The summed E-state index contributed by atoms with van der Waals surface area (Å²) in [5.41, 5.74) is 0. The molecular weight excluding hydrogens is 406 g/mol. The maximum absolute atomic E-state index is 12.7. The van der Waals surface area contributed by atoms with Gasteiger partial charge in [-0.3, -0.25) is 4.79 Å². The summed E-state index contributed by atoms with van der Waals surface area (Å²) in [5, 5.41) is 5.70. The summed E-state index contributed by atoms with van der Waals surface area (Å²) in [4.78, 5) is 24.6. The van der Waals surface area contributed by atoms with Gasteiger partial charge in [-0.05, 0) is 44.2 Å². The van der Waals surface area contributed by atoms with Crippen molar-refractivity contribution in [3.63, 3.8) is 0 Å².